The van der Waals surface area contributed by atoms with Crippen LogP contribution < -0.4 is 4.90 Å². The molecule has 1 aromatic carbocycles. The molecule has 2 heterocycles. The maximum Gasteiger partial charge on any atom is 0.140 e. The zero-order valence-corrected chi connectivity index (χ0v) is 11.3. The van der Waals surface area contributed by atoms with Crippen molar-refractivity contribution >= 4 is 16.7 Å². The fourth-order valence-corrected chi connectivity index (χ4v) is 2.17. The van der Waals surface area contributed by atoms with E-state index in [1.54, 1.807) is 12.3 Å². The van der Waals surface area contributed by atoms with Crippen LogP contribution in [0.2, 0.25) is 0 Å². The highest BCUT2D eigenvalue weighted by Crippen LogP contribution is 2.23. The molecule has 1 N–H and O–H groups in total. The van der Waals surface area contributed by atoms with Crippen LogP contribution in [0, 0.1) is 12.7 Å². The van der Waals surface area contributed by atoms with Crippen LogP contribution in [-0.4, -0.2) is 27.0 Å². The van der Waals surface area contributed by atoms with Gasteiger partial charge in [-0.15, -0.1) is 0 Å². The maximum absolute atomic E-state index is 13.2. The number of hydrogen-bond donors (Lipinski definition) is 1. The molecular weight excluding hydrogens is 257 g/mol. The summed E-state index contributed by atoms with van der Waals surface area (Å²) >= 11 is 0. The molecule has 6 heteroatoms. The largest absolute Gasteiger partial charge is 0.352 e. The highest BCUT2D eigenvalue weighted by atomic mass is 19.1. The standard InChI is InChI=1S/C14H14FN5/c1-9-6-16-13(19-9)7-20(2)14-11-4-3-10(15)5-12(11)17-8-18-14/h3-6,8H,7H2,1-2H3,(H,16,19). The van der Waals surface area contributed by atoms with Gasteiger partial charge in [-0.3, -0.25) is 0 Å². The second-order valence-electron chi connectivity index (χ2n) is 4.73. The molecule has 0 fully saturated rings. The van der Waals surface area contributed by atoms with E-state index in [-0.39, 0.29) is 5.82 Å². The fourth-order valence-electron chi connectivity index (χ4n) is 2.17. The summed E-state index contributed by atoms with van der Waals surface area (Å²) in [5.41, 5.74) is 1.61. The molecule has 2 aromatic heterocycles. The van der Waals surface area contributed by atoms with Crippen LogP contribution in [0.1, 0.15) is 11.5 Å². The molecule has 0 amide bonds. The van der Waals surface area contributed by atoms with Crippen molar-refractivity contribution in [3.63, 3.8) is 0 Å². The third kappa shape index (κ3) is 2.32. The SMILES string of the molecule is Cc1cnc(CN(C)c2ncnc3cc(F)ccc23)[nH]1. The summed E-state index contributed by atoms with van der Waals surface area (Å²) in [4.78, 5) is 17.8. The summed E-state index contributed by atoms with van der Waals surface area (Å²) in [6.45, 7) is 2.55. The van der Waals surface area contributed by atoms with Gasteiger partial charge in [-0.05, 0) is 19.1 Å². The molecule has 5 nitrogen and oxygen atoms in total. The van der Waals surface area contributed by atoms with Gasteiger partial charge in [0, 0.05) is 30.4 Å². The Hall–Kier alpha value is -2.50. The summed E-state index contributed by atoms with van der Waals surface area (Å²) in [5.74, 6) is 1.31. The van der Waals surface area contributed by atoms with E-state index in [1.807, 2.05) is 18.9 Å². The van der Waals surface area contributed by atoms with Crippen molar-refractivity contribution in [2.45, 2.75) is 13.5 Å². The van der Waals surface area contributed by atoms with E-state index in [0.717, 1.165) is 22.7 Å². The molecule has 0 unspecified atom stereocenters. The molecule has 20 heavy (non-hydrogen) atoms. The van der Waals surface area contributed by atoms with E-state index >= 15 is 0 Å². The van der Waals surface area contributed by atoms with E-state index in [2.05, 4.69) is 19.9 Å². The summed E-state index contributed by atoms with van der Waals surface area (Å²) in [6.07, 6.45) is 3.23. The van der Waals surface area contributed by atoms with E-state index in [1.165, 1.54) is 18.5 Å². The lowest BCUT2D eigenvalue weighted by Gasteiger charge is -2.18. The minimum absolute atomic E-state index is 0.300. The quantitative estimate of drug-likeness (QED) is 0.795. The van der Waals surface area contributed by atoms with E-state index in [4.69, 9.17) is 0 Å². The number of fused-ring (bicyclic) bond motifs is 1. The maximum atomic E-state index is 13.2. The predicted molar refractivity (Wildman–Crippen MR) is 74.9 cm³/mol. The summed E-state index contributed by atoms with van der Waals surface area (Å²) < 4.78 is 13.2. The molecule has 0 aliphatic rings. The first kappa shape index (κ1) is 12.5. The minimum Gasteiger partial charge on any atom is -0.352 e. The van der Waals surface area contributed by atoms with E-state index in [0.29, 0.717) is 12.1 Å². The van der Waals surface area contributed by atoms with Gasteiger partial charge in [0.25, 0.3) is 0 Å². The number of imidazole rings is 1. The van der Waals surface area contributed by atoms with Crippen LogP contribution in [0.5, 0.6) is 0 Å². The third-order valence-corrected chi connectivity index (χ3v) is 3.08. The lowest BCUT2D eigenvalue weighted by atomic mass is 10.2. The number of hydrogen-bond acceptors (Lipinski definition) is 4. The predicted octanol–water partition coefficient (Wildman–Crippen LogP) is 2.44. The van der Waals surface area contributed by atoms with Crippen molar-refractivity contribution in [1.82, 2.24) is 19.9 Å². The molecule has 0 spiro atoms. The van der Waals surface area contributed by atoms with Crippen LogP contribution in [0.25, 0.3) is 10.9 Å². The number of anilines is 1. The van der Waals surface area contributed by atoms with Crippen LogP contribution in [0.3, 0.4) is 0 Å². The zero-order valence-electron chi connectivity index (χ0n) is 11.3. The molecule has 102 valence electrons. The Bertz CT molecular complexity index is 752. The van der Waals surface area contributed by atoms with Gasteiger partial charge in [0.1, 0.15) is 23.8 Å². The summed E-state index contributed by atoms with van der Waals surface area (Å²) in [5, 5.41) is 0.819. The van der Waals surface area contributed by atoms with Gasteiger partial charge in [-0.2, -0.15) is 0 Å². The van der Waals surface area contributed by atoms with E-state index < -0.39 is 0 Å². The smallest absolute Gasteiger partial charge is 0.140 e. The first-order valence-corrected chi connectivity index (χ1v) is 6.25. The van der Waals surface area contributed by atoms with Gasteiger partial charge < -0.3 is 9.88 Å². The summed E-state index contributed by atoms with van der Waals surface area (Å²) in [6, 6.07) is 4.52. The molecular formula is C14H14FN5. The number of H-pyrrole nitrogens is 1. The van der Waals surface area contributed by atoms with Crippen molar-refractivity contribution in [3.05, 3.63) is 48.1 Å². The molecule has 0 atom stereocenters. The third-order valence-electron chi connectivity index (χ3n) is 3.08. The summed E-state index contributed by atoms with van der Waals surface area (Å²) in [7, 11) is 1.92. The minimum atomic E-state index is -0.300. The average molecular weight is 271 g/mol. The normalized spacial score (nSPS) is 10.9. The van der Waals surface area contributed by atoms with Crippen LogP contribution in [0.15, 0.2) is 30.7 Å². The monoisotopic (exact) mass is 271 g/mol. The molecule has 0 bridgehead atoms. The second-order valence-corrected chi connectivity index (χ2v) is 4.73. The number of rotatable bonds is 3. The number of aromatic nitrogens is 4. The number of halogens is 1. The second kappa shape index (κ2) is 4.88. The number of benzene rings is 1. The van der Waals surface area contributed by atoms with Crippen LogP contribution >= 0.6 is 0 Å². The Balaban J connectivity index is 1.96. The highest BCUT2D eigenvalue weighted by molar-refractivity contribution is 5.89. The number of nitrogens with one attached hydrogen (secondary N) is 1. The fraction of sp³-hybridized carbons (Fsp3) is 0.214. The van der Waals surface area contributed by atoms with Crippen molar-refractivity contribution in [2.75, 3.05) is 11.9 Å². The van der Waals surface area contributed by atoms with Crippen molar-refractivity contribution in [1.29, 1.82) is 0 Å². The Morgan fingerprint density at radius 2 is 2.10 bits per heavy atom. The number of aryl methyl sites for hydroxylation is 1. The van der Waals surface area contributed by atoms with Gasteiger partial charge in [0.15, 0.2) is 0 Å². The Labute approximate surface area is 115 Å². The Morgan fingerprint density at radius 3 is 2.85 bits per heavy atom. The molecule has 3 aromatic rings. The van der Waals surface area contributed by atoms with Crippen molar-refractivity contribution in [2.24, 2.45) is 0 Å². The van der Waals surface area contributed by atoms with Crippen molar-refractivity contribution < 1.29 is 4.39 Å². The van der Waals surface area contributed by atoms with Crippen molar-refractivity contribution in [3.8, 4) is 0 Å². The molecule has 0 radical (unpaired) electrons. The Morgan fingerprint density at radius 1 is 1.25 bits per heavy atom. The van der Waals surface area contributed by atoms with Crippen LogP contribution in [0.4, 0.5) is 10.2 Å². The van der Waals surface area contributed by atoms with Gasteiger partial charge in [0.2, 0.25) is 0 Å². The lowest BCUT2D eigenvalue weighted by molar-refractivity contribution is 0.629. The van der Waals surface area contributed by atoms with Gasteiger partial charge >= 0.3 is 0 Å². The molecule has 0 aliphatic carbocycles. The first-order chi connectivity index (χ1) is 9.63. The molecule has 0 saturated carbocycles. The molecule has 0 aliphatic heterocycles. The molecule has 3 rings (SSSR count). The van der Waals surface area contributed by atoms with Crippen LogP contribution in [-0.2, 0) is 6.54 Å². The lowest BCUT2D eigenvalue weighted by Crippen LogP contribution is -2.19. The number of aromatic amines is 1. The zero-order chi connectivity index (χ0) is 14.1. The average Bonchev–Trinajstić information content (AvgIpc) is 2.83. The molecule has 0 saturated heterocycles. The Kier molecular flexibility index (Phi) is 3.06. The van der Waals surface area contributed by atoms with E-state index in [9.17, 15) is 4.39 Å². The first-order valence-electron chi connectivity index (χ1n) is 6.25. The van der Waals surface area contributed by atoms with Gasteiger partial charge in [0.05, 0.1) is 12.1 Å². The van der Waals surface area contributed by atoms with Gasteiger partial charge in [-0.1, -0.05) is 0 Å². The van der Waals surface area contributed by atoms with Gasteiger partial charge in [-0.25, -0.2) is 19.3 Å². The number of nitrogens with zero attached hydrogens (tertiary/aromatic N) is 4. The topological polar surface area (TPSA) is 57.7 Å². The highest BCUT2D eigenvalue weighted by Gasteiger charge is 2.11.